The Bertz CT molecular complexity index is 1130. The van der Waals surface area contributed by atoms with Crippen LogP contribution in [0.4, 0.5) is 0 Å². The Balaban J connectivity index is 1.37. The summed E-state index contributed by atoms with van der Waals surface area (Å²) < 4.78 is 1.96. The molecule has 1 aliphatic rings. The molecule has 2 amide bonds. The Morgan fingerprint density at radius 2 is 1.88 bits per heavy atom. The fraction of sp³-hybridized carbons (Fsp3) is 0.400. The van der Waals surface area contributed by atoms with Crippen LogP contribution >= 0.6 is 11.6 Å². The molecule has 1 saturated heterocycles. The standard InChI is InChI=1S/C25H29ClN4O3/c1-17-21(24(32)27-11-2-14-31)7-8-23-22(17)16-30(28-23)15-18-9-12-29(13-10-18)25(33)19-3-5-20(26)6-4-19/h3-8,16,18,31H,2,9-15H2,1H3,(H,27,32). The lowest BCUT2D eigenvalue weighted by molar-refractivity contribution is 0.0681. The molecule has 2 N–H and O–H groups in total. The van der Waals surface area contributed by atoms with Crippen molar-refractivity contribution >= 4 is 34.3 Å². The normalized spacial score (nSPS) is 14.6. The van der Waals surface area contributed by atoms with Crippen LogP contribution in [0.5, 0.6) is 0 Å². The van der Waals surface area contributed by atoms with Gasteiger partial charge in [-0.1, -0.05) is 11.6 Å². The minimum atomic E-state index is -0.131. The maximum atomic E-state index is 12.7. The Labute approximate surface area is 198 Å². The van der Waals surface area contributed by atoms with E-state index in [-0.39, 0.29) is 18.4 Å². The SMILES string of the molecule is Cc1c(C(=O)NCCCO)ccc2nn(CC3CCN(C(=O)c4ccc(Cl)cc4)CC3)cc12. The largest absolute Gasteiger partial charge is 0.396 e. The van der Waals surface area contributed by atoms with Crippen LogP contribution in [0.1, 0.15) is 45.5 Å². The van der Waals surface area contributed by atoms with Crippen LogP contribution in [0.3, 0.4) is 0 Å². The topological polar surface area (TPSA) is 87.5 Å². The van der Waals surface area contributed by atoms with Gasteiger partial charge in [-0.05, 0) is 74.1 Å². The molecule has 0 radical (unpaired) electrons. The Kier molecular flexibility index (Phi) is 7.30. The van der Waals surface area contributed by atoms with Gasteiger partial charge in [-0.15, -0.1) is 0 Å². The predicted molar refractivity (Wildman–Crippen MR) is 129 cm³/mol. The smallest absolute Gasteiger partial charge is 0.253 e. The van der Waals surface area contributed by atoms with Gasteiger partial charge in [0.25, 0.3) is 11.8 Å². The van der Waals surface area contributed by atoms with Crippen molar-refractivity contribution in [3.8, 4) is 0 Å². The number of nitrogens with one attached hydrogen (secondary N) is 1. The third-order valence-corrected chi connectivity index (χ3v) is 6.56. The van der Waals surface area contributed by atoms with E-state index in [2.05, 4.69) is 5.32 Å². The monoisotopic (exact) mass is 468 g/mol. The molecule has 0 bridgehead atoms. The summed E-state index contributed by atoms with van der Waals surface area (Å²) in [5.74, 6) is 0.360. The van der Waals surface area contributed by atoms with E-state index in [0.29, 0.717) is 35.0 Å². The van der Waals surface area contributed by atoms with Gasteiger partial charge in [0.05, 0.1) is 5.52 Å². The second-order valence-corrected chi connectivity index (χ2v) is 9.03. The minimum Gasteiger partial charge on any atom is -0.396 e. The molecule has 2 aromatic carbocycles. The van der Waals surface area contributed by atoms with Crippen LogP contribution < -0.4 is 5.32 Å². The summed E-state index contributed by atoms with van der Waals surface area (Å²) >= 11 is 5.93. The molecule has 1 aromatic heterocycles. The number of benzene rings is 2. The molecule has 2 heterocycles. The molecule has 4 rings (SSSR count). The fourth-order valence-corrected chi connectivity index (χ4v) is 4.48. The number of carbonyl (C=O) groups is 2. The van der Waals surface area contributed by atoms with E-state index in [1.807, 2.05) is 34.8 Å². The zero-order chi connectivity index (χ0) is 23.4. The second kappa shape index (κ2) is 10.4. The lowest BCUT2D eigenvalue weighted by atomic mass is 9.96. The third-order valence-electron chi connectivity index (χ3n) is 6.31. The first-order chi connectivity index (χ1) is 16.0. The fourth-order valence-electron chi connectivity index (χ4n) is 4.35. The summed E-state index contributed by atoms with van der Waals surface area (Å²) in [6.07, 6.45) is 4.40. The third kappa shape index (κ3) is 5.37. The molecule has 33 heavy (non-hydrogen) atoms. The van der Waals surface area contributed by atoms with Crippen molar-refractivity contribution in [1.82, 2.24) is 20.0 Å². The highest BCUT2D eigenvalue weighted by Crippen LogP contribution is 2.25. The maximum Gasteiger partial charge on any atom is 0.253 e. The second-order valence-electron chi connectivity index (χ2n) is 8.60. The zero-order valence-corrected chi connectivity index (χ0v) is 19.5. The van der Waals surface area contributed by atoms with E-state index in [9.17, 15) is 9.59 Å². The lowest BCUT2D eigenvalue weighted by Gasteiger charge is -2.32. The van der Waals surface area contributed by atoms with Gasteiger partial charge in [0.2, 0.25) is 0 Å². The van der Waals surface area contributed by atoms with Gasteiger partial charge < -0.3 is 15.3 Å². The molecule has 0 aliphatic carbocycles. The highest BCUT2D eigenvalue weighted by atomic mass is 35.5. The van der Waals surface area contributed by atoms with Crippen LogP contribution in [-0.2, 0) is 6.54 Å². The average Bonchev–Trinajstić information content (AvgIpc) is 3.23. The highest BCUT2D eigenvalue weighted by Gasteiger charge is 2.24. The molecule has 0 unspecified atom stereocenters. The van der Waals surface area contributed by atoms with Crippen molar-refractivity contribution < 1.29 is 14.7 Å². The molecule has 8 heteroatoms. The molecule has 3 aromatic rings. The van der Waals surface area contributed by atoms with E-state index >= 15 is 0 Å². The van der Waals surface area contributed by atoms with E-state index in [0.717, 1.165) is 48.9 Å². The first-order valence-corrected chi connectivity index (χ1v) is 11.7. The number of piperidine rings is 1. The number of nitrogens with zero attached hydrogens (tertiary/aromatic N) is 3. The predicted octanol–water partition coefficient (Wildman–Crippen LogP) is 3.66. The van der Waals surface area contributed by atoms with E-state index < -0.39 is 0 Å². The number of fused-ring (bicyclic) bond motifs is 1. The first-order valence-electron chi connectivity index (χ1n) is 11.4. The lowest BCUT2D eigenvalue weighted by Crippen LogP contribution is -2.39. The quantitative estimate of drug-likeness (QED) is 0.518. The molecule has 1 aliphatic heterocycles. The highest BCUT2D eigenvalue weighted by molar-refractivity contribution is 6.30. The van der Waals surface area contributed by atoms with Crippen LogP contribution in [0.15, 0.2) is 42.6 Å². The number of halogens is 1. The van der Waals surface area contributed by atoms with Gasteiger partial charge in [-0.2, -0.15) is 5.10 Å². The minimum absolute atomic E-state index is 0.0513. The van der Waals surface area contributed by atoms with Gasteiger partial charge in [-0.25, -0.2) is 0 Å². The van der Waals surface area contributed by atoms with Crippen LogP contribution in [0, 0.1) is 12.8 Å². The molecule has 174 valence electrons. The Morgan fingerprint density at radius 3 is 2.58 bits per heavy atom. The number of likely N-dealkylation sites (tertiary alicyclic amines) is 1. The Morgan fingerprint density at radius 1 is 1.15 bits per heavy atom. The maximum absolute atomic E-state index is 12.7. The number of aliphatic hydroxyl groups excluding tert-OH is 1. The van der Waals surface area contributed by atoms with E-state index in [1.54, 1.807) is 24.3 Å². The summed E-state index contributed by atoms with van der Waals surface area (Å²) in [5.41, 5.74) is 3.08. The molecular weight excluding hydrogens is 440 g/mol. The zero-order valence-electron chi connectivity index (χ0n) is 18.8. The molecule has 7 nitrogen and oxygen atoms in total. The number of hydrogen-bond donors (Lipinski definition) is 2. The van der Waals surface area contributed by atoms with Gasteiger partial charge >= 0.3 is 0 Å². The number of rotatable bonds is 7. The summed E-state index contributed by atoms with van der Waals surface area (Å²) in [5, 5.41) is 18.1. The van der Waals surface area contributed by atoms with Gasteiger partial charge in [-0.3, -0.25) is 14.3 Å². The summed E-state index contributed by atoms with van der Waals surface area (Å²) in [6.45, 7) is 4.68. The number of aromatic nitrogens is 2. The van der Waals surface area contributed by atoms with Crippen molar-refractivity contribution in [2.24, 2.45) is 5.92 Å². The van der Waals surface area contributed by atoms with Crippen molar-refractivity contribution in [2.75, 3.05) is 26.2 Å². The van der Waals surface area contributed by atoms with Gasteiger partial charge in [0.1, 0.15) is 0 Å². The number of aryl methyl sites for hydroxylation is 1. The first kappa shape index (κ1) is 23.3. The van der Waals surface area contributed by atoms with Crippen molar-refractivity contribution in [3.05, 3.63) is 64.3 Å². The average molecular weight is 469 g/mol. The van der Waals surface area contributed by atoms with Crippen LogP contribution in [-0.4, -0.2) is 57.8 Å². The molecule has 0 spiro atoms. The number of aliphatic hydroxyl groups is 1. The van der Waals surface area contributed by atoms with Gasteiger partial charge in [0.15, 0.2) is 0 Å². The molecule has 0 saturated carbocycles. The van der Waals surface area contributed by atoms with Crippen LogP contribution in [0.25, 0.3) is 10.9 Å². The van der Waals surface area contributed by atoms with Crippen molar-refractivity contribution in [2.45, 2.75) is 32.7 Å². The summed E-state index contributed by atoms with van der Waals surface area (Å²) in [4.78, 5) is 27.1. The van der Waals surface area contributed by atoms with Crippen molar-refractivity contribution in [1.29, 1.82) is 0 Å². The number of carbonyl (C=O) groups excluding carboxylic acids is 2. The number of amides is 2. The summed E-state index contributed by atoms with van der Waals surface area (Å²) in [7, 11) is 0. The molecular formula is C25H29ClN4O3. The molecule has 0 atom stereocenters. The molecule has 1 fully saturated rings. The van der Waals surface area contributed by atoms with Crippen molar-refractivity contribution in [3.63, 3.8) is 0 Å². The van der Waals surface area contributed by atoms with E-state index in [1.165, 1.54) is 0 Å². The number of hydrogen-bond acceptors (Lipinski definition) is 4. The van der Waals surface area contributed by atoms with Gasteiger partial charge in [0, 0.05) is 60.5 Å². The van der Waals surface area contributed by atoms with E-state index in [4.69, 9.17) is 21.8 Å². The summed E-state index contributed by atoms with van der Waals surface area (Å²) in [6, 6.07) is 10.7. The van der Waals surface area contributed by atoms with Crippen LogP contribution in [0.2, 0.25) is 5.02 Å². The Hall–Kier alpha value is -2.90.